The van der Waals surface area contributed by atoms with Crippen LogP contribution in [-0.2, 0) is 4.79 Å². The topological polar surface area (TPSA) is 101 Å². The van der Waals surface area contributed by atoms with E-state index in [4.69, 9.17) is 4.74 Å². The van der Waals surface area contributed by atoms with E-state index in [2.05, 4.69) is 30.9 Å². The normalized spacial score (nSPS) is 10.4. The standard InChI is InChI=1S/C24H21FN6O2/c1-16-27-22(14-23(28-16)31-21-4-2-3-13-26-21)29-18-7-9-19(10-8-18)30-24(32)15-33-20-11-5-17(25)6-12-20/h2-14H,15H2,1H3,(H,30,32)(H2,26,27,28,29,31). The number of nitrogens with one attached hydrogen (secondary N) is 3. The molecule has 0 aliphatic heterocycles. The summed E-state index contributed by atoms with van der Waals surface area (Å²) in [5.74, 6) is 2.26. The average Bonchev–Trinajstić information content (AvgIpc) is 2.80. The molecule has 33 heavy (non-hydrogen) atoms. The van der Waals surface area contributed by atoms with Crippen molar-refractivity contribution in [2.24, 2.45) is 0 Å². The molecule has 0 fully saturated rings. The van der Waals surface area contributed by atoms with E-state index < -0.39 is 0 Å². The van der Waals surface area contributed by atoms with E-state index in [1.54, 1.807) is 31.3 Å². The summed E-state index contributed by atoms with van der Waals surface area (Å²) in [6, 6.07) is 20.0. The summed E-state index contributed by atoms with van der Waals surface area (Å²) in [6.07, 6.45) is 1.70. The molecular formula is C24H21FN6O2. The number of anilines is 5. The van der Waals surface area contributed by atoms with Crippen molar-refractivity contribution in [1.82, 2.24) is 15.0 Å². The van der Waals surface area contributed by atoms with Crippen molar-refractivity contribution in [3.8, 4) is 5.75 Å². The zero-order valence-electron chi connectivity index (χ0n) is 17.7. The fourth-order valence-corrected chi connectivity index (χ4v) is 2.93. The summed E-state index contributed by atoms with van der Waals surface area (Å²) in [5, 5.41) is 9.12. The number of rotatable bonds is 8. The van der Waals surface area contributed by atoms with Crippen LogP contribution < -0.4 is 20.7 Å². The molecule has 4 aromatic rings. The predicted molar refractivity (Wildman–Crippen MR) is 125 cm³/mol. The maximum atomic E-state index is 12.9. The lowest BCUT2D eigenvalue weighted by atomic mass is 10.2. The summed E-state index contributed by atoms with van der Waals surface area (Å²) >= 11 is 0. The number of ether oxygens (including phenoxy) is 1. The van der Waals surface area contributed by atoms with Gasteiger partial charge in [0.05, 0.1) is 0 Å². The summed E-state index contributed by atoms with van der Waals surface area (Å²) in [4.78, 5) is 25.1. The molecule has 0 atom stereocenters. The molecule has 0 saturated heterocycles. The molecule has 0 bridgehead atoms. The van der Waals surface area contributed by atoms with Gasteiger partial charge in [0.1, 0.15) is 34.8 Å². The van der Waals surface area contributed by atoms with E-state index in [-0.39, 0.29) is 18.3 Å². The van der Waals surface area contributed by atoms with Crippen LogP contribution in [0.25, 0.3) is 0 Å². The van der Waals surface area contributed by atoms with E-state index >= 15 is 0 Å². The second-order valence-electron chi connectivity index (χ2n) is 7.02. The van der Waals surface area contributed by atoms with Crippen LogP contribution in [0.4, 0.5) is 33.2 Å². The number of nitrogens with zero attached hydrogens (tertiary/aromatic N) is 3. The van der Waals surface area contributed by atoms with Gasteiger partial charge < -0.3 is 20.7 Å². The maximum absolute atomic E-state index is 12.9. The van der Waals surface area contributed by atoms with E-state index in [0.29, 0.717) is 34.7 Å². The van der Waals surface area contributed by atoms with Crippen LogP contribution in [0.3, 0.4) is 0 Å². The third kappa shape index (κ3) is 6.47. The molecule has 0 aliphatic carbocycles. The van der Waals surface area contributed by atoms with E-state index in [9.17, 15) is 9.18 Å². The van der Waals surface area contributed by atoms with Gasteiger partial charge in [0.25, 0.3) is 5.91 Å². The third-order valence-electron chi connectivity index (χ3n) is 4.38. The Morgan fingerprint density at radius 2 is 1.58 bits per heavy atom. The first-order valence-electron chi connectivity index (χ1n) is 10.1. The van der Waals surface area contributed by atoms with Crippen LogP contribution >= 0.6 is 0 Å². The Morgan fingerprint density at radius 1 is 0.879 bits per heavy atom. The summed E-state index contributed by atoms with van der Waals surface area (Å²) in [6.45, 7) is 1.62. The molecule has 0 spiro atoms. The molecule has 2 aromatic carbocycles. The number of amides is 1. The van der Waals surface area contributed by atoms with E-state index in [1.807, 2.05) is 30.3 Å². The molecule has 2 heterocycles. The number of aryl methyl sites for hydroxylation is 1. The number of carbonyl (C=O) groups excluding carboxylic acids is 1. The van der Waals surface area contributed by atoms with Crippen molar-refractivity contribution >= 4 is 34.7 Å². The van der Waals surface area contributed by atoms with Crippen molar-refractivity contribution in [3.63, 3.8) is 0 Å². The van der Waals surface area contributed by atoms with E-state index in [1.165, 1.54) is 24.3 Å². The molecule has 4 rings (SSSR count). The molecule has 8 nitrogen and oxygen atoms in total. The van der Waals surface area contributed by atoms with Gasteiger partial charge in [-0.15, -0.1) is 0 Å². The number of aromatic nitrogens is 3. The minimum absolute atomic E-state index is 0.183. The minimum Gasteiger partial charge on any atom is -0.484 e. The largest absolute Gasteiger partial charge is 0.484 e. The van der Waals surface area contributed by atoms with Gasteiger partial charge in [0.2, 0.25) is 0 Å². The Morgan fingerprint density at radius 3 is 2.27 bits per heavy atom. The predicted octanol–water partition coefficient (Wildman–Crippen LogP) is 4.82. The highest BCUT2D eigenvalue weighted by Crippen LogP contribution is 2.21. The van der Waals surface area contributed by atoms with Gasteiger partial charge in [-0.3, -0.25) is 4.79 Å². The molecule has 0 radical (unpaired) electrons. The first kappa shape index (κ1) is 21.7. The van der Waals surface area contributed by atoms with Crippen molar-refractivity contribution < 1.29 is 13.9 Å². The van der Waals surface area contributed by atoms with E-state index in [0.717, 1.165) is 5.69 Å². The Hall–Kier alpha value is -4.53. The van der Waals surface area contributed by atoms with Crippen LogP contribution in [0.15, 0.2) is 79.0 Å². The summed E-state index contributed by atoms with van der Waals surface area (Å²) < 4.78 is 18.3. The molecule has 0 saturated carbocycles. The molecule has 2 aromatic heterocycles. The Kier molecular flexibility index (Phi) is 6.70. The minimum atomic E-state index is -0.363. The maximum Gasteiger partial charge on any atom is 0.262 e. The number of hydrogen-bond donors (Lipinski definition) is 3. The van der Waals surface area contributed by atoms with Gasteiger partial charge in [-0.05, 0) is 67.6 Å². The van der Waals surface area contributed by atoms with Crippen molar-refractivity contribution in [3.05, 3.63) is 90.6 Å². The Balaban J connectivity index is 1.33. The first-order valence-corrected chi connectivity index (χ1v) is 10.1. The molecule has 3 N–H and O–H groups in total. The molecule has 166 valence electrons. The molecule has 0 unspecified atom stereocenters. The van der Waals surface area contributed by atoms with Gasteiger partial charge in [-0.25, -0.2) is 19.3 Å². The number of hydrogen-bond acceptors (Lipinski definition) is 7. The van der Waals surface area contributed by atoms with Gasteiger partial charge in [0, 0.05) is 23.6 Å². The zero-order valence-corrected chi connectivity index (χ0v) is 17.7. The van der Waals surface area contributed by atoms with Gasteiger partial charge in [0.15, 0.2) is 6.61 Å². The van der Waals surface area contributed by atoms with Crippen molar-refractivity contribution in [1.29, 1.82) is 0 Å². The average molecular weight is 444 g/mol. The lowest BCUT2D eigenvalue weighted by Gasteiger charge is -2.11. The van der Waals surface area contributed by atoms with Crippen LogP contribution in [0.5, 0.6) is 5.75 Å². The molecule has 0 aliphatic rings. The van der Waals surface area contributed by atoms with Crippen molar-refractivity contribution in [2.75, 3.05) is 22.6 Å². The fraction of sp³-hybridized carbons (Fsp3) is 0.0833. The zero-order chi connectivity index (χ0) is 23.0. The number of pyridine rings is 1. The Labute approximate surface area is 189 Å². The SMILES string of the molecule is Cc1nc(Nc2ccc(NC(=O)COc3ccc(F)cc3)cc2)cc(Nc2ccccn2)n1. The summed E-state index contributed by atoms with van der Waals surface area (Å²) in [7, 11) is 0. The monoisotopic (exact) mass is 444 g/mol. The second kappa shape index (κ2) is 10.2. The van der Waals surface area contributed by atoms with Gasteiger partial charge >= 0.3 is 0 Å². The molecular weight excluding hydrogens is 423 g/mol. The quantitative estimate of drug-likeness (QED) is 0.358. The molecule has 9 heteroatoms. The number of carbonyl (C=O) groups is 1. The lowest BCUT2D eigenvalue weighted by molar-refractivity contribution is -0.118. The van der Waals surface area contributed by atoms with Gasteiger partial charge in [-0.2, -0.15) is 0 Å². The summed E-state index contributed by atoms with van der Waals surface area (Å²) in [5.41, 5.74) is 1.40. The van der Waals surface area contributed by atoms with Crippen LogP contribution in [0.2, 0.25) is 0 Å². The van der Waals surface area contributed by atoms with Gasteiger partial charge in [-0.1, -0.05) is 6.07 Å². The lowest BCUT2D eigenvalue weighted by Crippen LogP contribution is -2.20. The third-order valence-corrected chi connectivity index (χ3v) is 4.38. The highest BCUT2D eigenvalue weighted by molar-refractivity contribution is 5.92. The first-order chi connectivity index (χ1) is 16.0. The highest BCUT2D eigenvalue weighted by atomic mass is 19.1. The number of halogens is 1. The fourth-order valence-electron chi connectivity index (χ4n) is 2.93. The van der Waals surface area contributed by atoms with Crippen LogP contribution in [0.1, 0.15) is 5.82 Å². The second-order valence-corrected chi connectivity index (χ2v) is 7.02. The van der Waals surface area contributed by atoms with Crippen molar-refractivity contribution in [2.45, 2.75) is 6.92 Å². The van der Waals surface area contributed by atoms with Crippen LogP contribution in [0, 0.1) is 12.7 Å². The molecule has 1 amide bonds. The number of benzene rings is 2. The van der Waals surface area contributed by atoms with Crippen LogP contribution in [-0.4, -0.2) is 27.5 Å². The highest BCUT2D eigenvalue weighted by Gasteiger charge is 2.06. The Bertz CT molecular complexity index is 1220. The smallest absolute Gasteiger partial charge is 0.262 e.